The average molecular weight is 637 g/mol. The van der Waals surface area contributed by atoms with Crippen molar-refractivity contribution in [3.63, 3.8) is 0 Å². The molecule has 0 spiro atoms. The summed E-state index contributed by atoms with van der Waals surface area (Å²) in [5, 5.41) is 8.05. The highest BCUT2D eigenvalue weighted by atomic mass is 19.3. The minimum atomic E-state index is -1.73. The molecule has 0 aromatic heterocycles. The van der Waals surface area contributed by atoms with Crippen molar-refractivity contribution in [2.75, 3.05) is 18.4 Å². The van der Waals surface area contributed by atoms with Crippen molar-refractivity contribution in [1.29, 1.82) is 0 Å². The summed E-state index contributed by atoms with van der Waals surface area (Å²) < 4.78 is 47.0. The normalized spacial score (nSPS) is 18.2. The fourth-order valence-electron chi connectivity index (χ4n) is 5.85. The summed E-state index contributed by atoms with van der Waals surface area (Å²) in [6.45, 7) is 8.68. The summed E-state index contributed by atoms with van der Waals surface area (Å²) in [5.41, 5.74) is -0.434. The lowest BCUT2D eigenvalue weighted by molar-refractivity contribution is -0.137. The molecular weight excluding hydrogens is 589 g/mol. The molecule has 1 aromatic rings. The molecule has 1 aliphatic heterocycles. The van der Waals surface area contributed by atoms with E-state index in [0.717, 1.165) is 38.5 Å². The molecule has 9 nitrogen and oxygen atoms in total. The Morgan fingerprint density at radius 1 is 1.00 bits per heavy atom. The fourth-order valence-corrected chi connectivity index (χ4v) is 5.85. The molecule has 2 aliphatic rings. The van der Waals surface area contributed by atoms with Gasteiger partial charge in [0.05, 0.1) is 5.69 Å². The first-order valence-electron chi connectivity index (χ1n) is 15.9. The van der Waals surface area contributed by atoms with Crippen molar-refractivity contribution < 1.29 is 37.1 Å². The van der Waals surface area contributed by atoms with Crippen LogP contribution in [0.5, 0.6) is 0 Å². The first-order chi connectivity index (χ1) is 21.2. The number of alkyl carbamates (subject to hydrolysis) is 1. The van der Waals surface area contributed by atoms with Crippen LogP contribution in [0.25, 0.3) is 0 Å². The quantitative estimate of drug-likeness (QED) is 0.271. The van der Waals surface area contributed by atoms with Gasteiger partial charge in [0, 0.05) is 25.4 Å². The molecule has 4 amide bonds. The number of piperidine rings is 1. The van der Waals surface area contributed by atoms with E-state index in [4.69, 9.17) is 4.74 Å². The number of benzene rings is 1. The molecule has 0 bridgehead atoms. The lowest BCUT2D eigenvalue weighted by atomic mass is 9.90. The number of amides is 4. The van der Waals surface area contributed by atoms with Crippen molar-refractivity contribution in [2.24, 2.45) is 5.92 Å². The molecule has 1 saturated carbocycles. The van der Waals surface area contributed by atoms with E-state index < -0.39 is 53.4 Å². The summed E-state index contributed by atoms with van der Waals surface area (Å²) in [4.78, 5) is 53.4. The lowest BCUT2D eigenvalue weighted by Crippen LogP contribution is -2.52. The van der Waals surface area contributed by atoms with Gasteiger partial charge in [0.2, 0.25) is 17.7 Å². The molecule has 250 valence electrons. The maximum absolute atomic E-state index is 15.5. The van der Waals surface area contributed by atoms with Gasteiger partial charge in [0.1, 0.15) is 23.5 Å². The smallest absolute Gasteiger partial charge is 0.408 e. The summed E-state index contributed by atoms with van der Waals surface area (Å²) in [7, 11) is 0. The molecule has 1 aromatic carbocycles. The minimum Gasteiger partial charge on any atom is -0.444 e. The minimum absolute atomic E-state index is 0.0172. The number of carbonyl (C=O) groups is 4. The van der Waals surface area contributed by atoms with Gasteiger partial charge in [0.25, 0.3) is 6.08 Å². The number of likely N-dealkylation sites (tertiary alicyclic amines) is 1. The Balaban J connectivity index is 1.79. The van der Waals surface area contributed by atoms with Crippen LogP contribution in [-0.2, 0) is 19.1 Å². The Labute approximate surface area is 263 Å². The molecule has 3 N–H and O–H groups in total. The van der Waals surface area contributed by atoms with E-state index in [2.05, 4.69) is 16.0 Å². The van der Waals surface area contributed by atoms with Crippen LogP contribution in [0.3, 0.4) is 0 Å². The second-order valence-electron chi connectivity index (χ2n) is 13.0. The molecule has 1 saturated heterocycles. The Kier molecular flexibility index (Phi) is 12.9. The van der Waals surface area contributed by atoms with Crippen LogP contribution in [0.1, 0.15) is 104 Å². The topological polar surface area (TPSA) is 117 Å². The number of hydrogen-bond donors (Lipinski definition) is 3. The number of carbonyl (C=O) groups excluding carboxylic acids is 4. The van der Waals surface area contributed by atoms with Crippen LogP contribution in [0.15, 0.2) is 29.9 Å². The summed E-state index contributed by atoms with van der Waals surface area (Å²) in [6.07, 6.45) is 3.16. The van der Waals surface area contributed by atoms with E-state index in [1.807, 2.05) is 0 Å². The third kappa shape index (κ3) is 10.5. The summed E-state index contributed by atoms with van der Waals surface area (Å²) in [5.74, 6) is -2.92. The lowest BCUT2D eigenvalue weighted by Gasteiger charge is -2.34. The Hall–Kier alpha value is -3.57. The molecule has 3 rings (SSSR count). The van der Waals surface area contributed by atoms with E-state index >= 15 is 4.39 Å². The van der Waals surface area contributed by atoms with Gasteiger partial charge in [-0.05, 0) is 75.6 Å². The maximum atomic E-state index is 15.5. The second-order valence-corrected chi connectivity index (χ2v) is 13.0. The first-order valence-corrected chi connectivity index (χ1v) is 15.9. The van der Waals surface area contributed by atoms with Crippen LogP contribution in [0.4, 0.5) is 23.7 Å². The van der Waals surface area contributed by atoms with Gasteiger partial charge < -0.3 is 25.6 Å². The molecule has 1 heterocycles. The van der Waals surface area contributed by atoms with Crippen molar-refractivity contribution >= 4 is 29.5 Å². The molecule has 45 heavy (non-hydrogen) atoms. The van der Waals surface area contributed by atoms with Crippen LogP contribution in [0.2, 0.25) is 0 Å². The maximum Gasteiger partial charge on any atom is 0.408 e. The predicted octanol–water partition coefficient (Wildman–Crippen LogP) is 6.40. The van der Waals surface area contributed by atoms with Crippen molar-refractivity contribution in [3.05, 3.63) is 41.2 Å². The van der Waals surface area contributed by atoms with Gasteiger partial charge in [-0.3, -0.25) is 14.4 Å². The summed E-state index contributed by atoms with van der Waals surface area (Å²) in [6, 6.07) is 2.20. The molecular formula is C33H47F3N4O5. The van der Waals surface area contributed by atoms with E-state index in [1.165, 1.54) is 17.0 Å². The highest BCUT2D eigenvalue weighted by Crippen LogP contribution is 2.30. The van der Waals surface area contributed by atoms with Gasteiger partial charge in [0.15, 0.2) is 0 Å². The number of hydrogen-bond acceptors (Lipinski definition) is 5. The molecule has 3 atom stereocenters. The predicted molar refractivity (Wildman–Crippen MR) is 165 cm³/mol. The Bertz CT molecular complexity index is 1240. The van der Waals surface area contributed by atoms with Crippen molar-refractivity contribution in [3.8, 4) is 0 Å². The van der Waals surface area contributed by atoms with Gasteiger partial charge in [-0.2, -0.15) is 8.78 Å². The van der Waals surface area contributed by atoms with Gasteiger partial charge in [-0.1, -0.05) is 45.6 Å². The molecule has 2 fully saturated rings. The Morgan fingerprint density at radius 3 is 2.16 bits per heavy atom. The monoisotopic (exact) mass is 636 g/mol. The second kappa shape index (κ2) is 16.1. The standard InChI is InChI=1S/C33H47F3N4O5/c1-6-26(41)38-27(31(43)40-17-15-22(16-18-40)29(35)36)20(2)23-13-14-25(24(34)19-23)37-30(42)28(21-11-9-7-8-10-12-21)39-32(44)45-33(3,4)5/h13-14,19-21,27-28H,6-12,15-18H2,1-5H3,(H,37,42)(H,38,41)(H,39,44)/t20-,27+,28-/m0/s1. The Morgan fingerprint density at radius 2 is 1.62 bits per heavy atom. The highest BCUT2D eigenvalue weighted by Gasteiger charge is 2.35. The molecule has 0 radical (unpaired) electrons. The number of nitrogens with zero attached hydrogens (tertiary/aromatic N) is 1. The zero-order valence-electron chi connectivity index (χ0n) is 26.9. The van der Waals surface area contributed by atoms with Gasteiger partial charge in [-0.25, -0.2) is 9.18 Å². The van der Waals surface area contributed by atoms with Gasteiger partial charge >= 0.3 is 6.09 Å². The molecule has 1 aliphatic carbocycles. The number of rotatable bonds is 9. The number of ether oxygens (including phenoxy) is 1. The van der Waals surface area contributed by atoms with Crippen LogP contribution >= 0.6 is 0 Å². The SMILES string of the molecule is CCC(=O)N[C@@H](C(=O)N1CCC(=C(F)F)CC1)[C@@H](C)c1ccc(NC(=O)[C@@H](NC(=O)OC(C)(C)C)C2CCCCCC2)c(F)c1. The molecule has 0 unspecified atom stereocenters. The number of halogens is 3. The first kappa shape index (κ1) is 35.9. The fraction of sp³-hybridized carbons (Fsp3) is 0.636. The van der Waals surface area contributed by atoms with E-state index in [-0.39, 0.29) is 55.4 Å². The van der Waals surface area contributed by atoms with E-state index in [1.54, 1.807) is 40.7 Å². The zero-order valence-corrected chi connectivity index (χ0v) is 26.9. The van der Waals surface area contributed by atoms with Crippen LogP contribution < -0.4 is 16.0 Å². The highest BCUT2D eigenvalue weighted by molar-refractivity contribution is 5.97. The van der Waals surface area contributed by atoms with E-state index in [9.17, 15) is 28.0 Å². The molecule has 12 heteroatoms. The third-order valence-corrected chi connectivity index (χ3v) is 8.45. The van der Waals surface area contributed by atoms with Gasteiger partial charge in [-0.15, -0.1) is 0 Å². The summed E-state index contributed by atoms with van der Waals surface area (Å²) >= 11 is 0. The van der Waals surface area contributed by atoms with Crippen LogP contribution in [0, 0.1) is 11.7 Å². The largest absolute Gasteiger partial charge is 0.444 e. The third-order valence-electron chi connectivity index (χ3n) is 8.45. The zero-order chi connectivity index (χ0) is 33.3. The van der Waals surface area contributed by atoms with Crippen molar-refractivity contribution in [1.82, 2.24) is 15.5 Å². The number of nitrogens with one attached hydrogen (secondary N) is 3. The number of anilines is 1. The van der Waals surface area contributed by atoms with E-state index in [0.29, 0.717) is 5.56 Å². The van der Waals surface area contributed by atoms with Crippen molar-refractivity contribution in [2.45, 2.75) is 116 Å². The average Bonchev–Trinajstić information content (AvgIpc) is 3.27. The van der Waals surface area contributed by atoms with Crippen LogP contribution in [-0.4, -0.2) is 59.5 Å².